The fraction of sp³-hybridized carbons (Fsp3) is 0.226. The topological polar surface area (TPSA) is 97.0 Å². The van der Waals surface area contributed by atoms with Crippen molar-refractivity contribution in [1.29, 1.82) is 0 Å². The third kappa shape index (κ3) is 6.41. The summed E-state index contributed by atoms with van der Waals surface area (Å²) >= 11 is 1.31. The third-order valence-electron chi connectivity index (χ3n) is 6.75. The second-order valence-electron chi connectivity index (χ2n) is 9.36. The molecule has 5 rings (SSSR count). The Hall–Kier alpha value is -4.30. The van der Waals surface area contributed by atoms with Crippen molar-refractivity contribution in [2.24, 2.45) is 0 Å². The first-order chi connectivity index (χ1) is 19.1. The van der Waals surface area contributed by atoms with Gasteiger partial charge in [0, 0.05) is 12.0 Å². The van der Waals surface area contributed by atoms with E-state index in [4.69, 9.17) is 4.74 Å². The summed E-state index contributed by atoms with van der Waals surface area (Å²) in [5.74, 6) is 1.22. The standard InChI is InChI=1S/C31H30N4O3S/c1-38-28-14-8-7-11-24(28)27(36)13-4-2-3-12-25(35-31(37)29-19-32-20-39-29)30-33-18-26(34-30)23-16-15-21-9-5-6-10-22(21)17-23/h5-11,14-20,25H,2-4,12-13H2,1H3,(H,33,34)(H,35,37)/t25-/m0/s1. The summed E-state index contributed by atoms with van der Waals surface area (Å²) < 4.78 is 5.32. The molecule has 0 bridgehead atoms. The van der Waals surface area contributed by atoms with Gasteiger partial charge in [-0.3, -0.25) is 14.6 Å². The molecule has 0 aliphatic heterocycles. The molecule has 2 aromatic heterocycles. The van der Waals surface area contributed by atoms with Gasteiger partial charge in [0.15, 0.2) is 5.78 Å². The van der Waals surface area contributed by atoms with Gasteiger partial charge >= 0.3 is 0 Å². The van der Waals surface area contributed by atoms with E-state index in [0.29, 0.717) is 34.9 Å². The number of benzene rings is 3. The van der Waals surface area contributed by atoms with Crippen molar-refractivity contribution >= 4 is 33.8 Å². The maximum Gasteiger partial charge on any atom is 0.263 e. The van der Waals surface area contributed by atoms with Crippen LogP contribution in [0.5, 0.6) is 5.75 Å². The molecule has 0 saturated carbocycles. The molecule has 0 spiro atoms. The van der Waals surface area contributed by atoms with Gasteiger partial charge in [0.25, 0.3) is 5.91 Å². The SMILES string of the molecule is COc1ccccc1C(=O)CCCCC[C@H](NC(=O)c1cncs1)c1ncc(-c2ccc3ccccc3c2)[nH]1. The van der Waals surface area contributed by atoms with E-state index in [1.165, 1.54) is 16.7 Å². The summed E-state index contributed by atoms with van der Waals surface area (Å²) in [5.41, 5.74) is 4.20. The molecule has 198 valence electrons. The molecule has 39 heavy (non-hydrogen) atoms. The summed E-state index contributed by atoms with van der Waals surface area (Å²) in [7, 11) is 1.58. The molecule has 0 aliphatic carbocycles. The van der Waals surface area contributed by atoms with Gasteiger partial charge in [-0.25, -0.2) is 4.98 Å². The third-order valence-corrected chi connectivity index (χ3v) is 7.52. The number of ether oxygens (including phenoxy) is 1. The van der Waals surface area contributed by atoms with Crippen molar-refractivity contribution in [2.45, 2.75) is 38.1 Å². The highest BCUT2D eigenvalue weighted by atomic mass is 32.1. The van der Waals surface area contributed by atoms with Gasteiger partial charge < -0.3 is 15.0 Å². The van der Waals surface area contributed by atoms with Crippen LogP contribution < -0.4 is 10.1 Å². The number of unbranched alkanes of at least 4 members (excludes halogenated alkanes) is 2. The van der Waals surface area contributed by atoms with E-state index in [1.54, 1.807) is 30.9 Å². The number of imidazole rings is 1. The number of carbonyl (C=O) groups is 2. The van der Waals surface area contributed by atoms with E-state index in [9.17, 15) is 9.59 Å². The Morgan fingerprint density at radius 2 is 1.79 bits per heavy atom. The summed E-state index contributed by atoms with van der Waals surface area (Å²) in [4.78, 5) is 38.2. The average molecular weight is 539 g/mol. The largest absolute Gasteiger partial charge is 0.496 e. The van der Waals surface area contributed by atoms with Crippen molar-refractivity contribution in [2.75, 3.05) is 7.11 Å². The van der Waals surface area contributed by atoms with Crippen LogP contribution in [-0.4, -0.2) is 33.8 Å². The van der Waals surface area contributed by atoms with Crippen LogP contribution >= 0.6 is 11.3 Å². The molecule has 8 heteroatoms. The highest BCUT2D eigenvalue weighted by Gasteiger charge is 2.20. The summed E-state index contributed by atoms with van der Waals surface area (Å²) in [6.07, 6.45) is 6.97. The number of nitrogens with one attached hydrogen (secondary N) is 2. The number of thiazole rings is 1. The zero-order valence-electron chi connectivity index (χ0n) is 21.7. The monoisotopic (exact) mass is 538 g/mol. The van der Waals surface area contributed by atoms with E-state index < -0.39 is 0 Å². The zero-order valence-corrected chi connectivity index (χ0v) is 22.5. The quantitative estimate of drug-likeness (QED) is 0.132. The number of fused-ring (bicyclic) bond motifs is 1. The number of amides is 1. The Morgan fingerprint density at radius 1 is 0.974 bits per heavy atom. The molecule has 5 aromatic rings. The van der Waals surface area contributed by atoms with Crippen molar-refractivity contribution < 1.29 is 14.3 Å². The molecule has 2 N–H and O–H groups in total. The number of hydrogen-bond donors (Lipinski definition) is 2. The van der Waals surface area contributed by atoms with E-state index in [-0.39, 0.29) is 17.7 Å². The first-order valence-corrected chi connectivity index (χ1v) is 13.9. The number of hydrogen-bond acceptors (Lipinski definition) is 6. The molecule has 3 aromatic carbocycles. The van der Waals surface area contributed by atoms with Gasteiger partial charge in [-0.1, -0.05) is 61.4 Å². The molecular formula is C31H30N4O3S. The number of H-pyrrole nitrogens is 1. The normalized spacial score (nSPS) is 11.8. The van der Waals surface area contributed by atoms with Gasteiger partial charge in [-0.05, 0) is 41.8 Å². The number of nitrogens with zero attached hydrogens (tertiary/aromatic N) is 2. The van der Waals surface area contributed by atoms with Crippen LogP contribution in [0.2, 0.25) is 0 Å². The average Bonchev–Trinajstić information content (AvgIpc) is 3.69. The smallest absolute Gasteiger partial charge is 0.263 e. The van der Waals surface area contributed by atoms with Gasteiger partial charge in [0.1, 0.15) is 16.5 Å². The van der Waals surface area contributed by atoms with Crippen molar-refractivity contribution in [1.82, 2.24) is 20.3 Å². The number of methoxy groups -OCH3 is 1. The van der Waals surface area contributed by atoms with Crippen LogP contribution in [0, 0.1) is 0 Å². The number of ketones is 1. The molecule has 0 saturated heterocycles. The Kier molecular flexibility index (Phi) is 8.43. The predicted molar refractivity (Wildman–Crippen MR) is 154 cm³/mol. The van der Waals surface area contributed by atoms with Gasteiger partial charge in [-0.15, -0.1) is 11.3 Å². The minimum Gasteiger partial charge on any atom is -0.496 e. The molecule has 2 heterocycles. The first-order valence-electron chi connectivity index (χ1n) is 13.0. The highest BCUT2D eigenvalue weighted by molar-refractivity contribution is 7.11. The fourth-order valence-corrected chi connectivity index (χ4v) is 5.20. The summed E-state index contributed by atoms with van der Waals surface area (Å²) in [5, 5.41) is 5.46. The highest BCUT2D eigenvalue weighted by Crippen LogP contribution is 2.27. The summed E-state index contributed by atoms with van der Waals surface area (Å²) in [6.45, 7) is 0. The van der Waals surface area contributed by atoms with Crippen molar-refractivity contribution in [3.8, 4) is 17.0 Å². The minimum absolute atomic E-state index is 0.0774. The molecule has 0 unspecified atom stereocenters. The number of carbonyl (C=O) groups excluding carboxylic acids is 2. The van der Waals surface area contributed by atoms with Gasteiger partial charge in [0.05, 0.1) is 42.3 Å². The lowest BCUT2D eigenvalue weighted by atomic mass is 10.0. The van der Waals surface area contributed by atoms with Crippen LogP contribution in [0.4, 0.5) is 0 Å². The lowest BCUT2D eigenvalue weighted by Gasteiger charge is -2.16. The number of aromatic amines is 1. The van der Waals surface area contributed by atoms with Crippen LogP contribution in [0.1, 0.15) is 64.0 Å². The predicted octanol–water partition coefficient (Wildman–Crippen LogP) is 7.00. The molecule has 0 fully saturated rings. The maximum atomic E-state index is 12.9. The fourth-order valence-electron chi connectivity index (χ4n) is 4.67. The Morgan fingerprint density at radius 3 is 2.62 bits per heavy atom. The summed E-state index contributed by atoms with van der Waals surface area (Å²) in [6, 6.07) is 21.6. The lowest BCUT2D eigenvalue weighted by molar-refractivity contribution is 0.0935. The van der Waals surface area contributed by atoms with Crippen molar-refractivity contribution in [3.63, 3.8) is 0 Å². The lowest BCUT2D eigenvalue weighted by Crippen LogP contribution is -2.28. The van der Waals surface area contributed by atoms with E-state index >= 15 is 0 Å². The van der Waals surface area contributed by atoms with Crippen LogP contribution in [0.15, 0.2) is 84.6 Å². The van der Waals surface area contributed by atoms with Crippen LogP contribution in [0.25, 0.3) is 22.0 Å². The second kappa shape index (κ2) is 12.5. The van der Waals surface area contributed by atoms with Gasteiger partial charge in [-0.2, -0.15) is 0 Å². The van der Waals surface area contributed by atoms with Gasteiger partial charge in [0.2, 0.25) is 0 Å². The zero-order chi connectivity index (χ0) is 27.0. The van der Waals surface area contributed by atoms with Crippen LogP contribution in [0.3, 0.4) is 0 Å². The van der Waals surface area contributed by atoms with E-state index in [0.717, 1.165) is 35.9 Å². The number of Topliss-reactive ketones (excluding diaryl/α,β-unsaturated/α-hetero) is 1. The molecule has 0 radical (unpaired) electrons. The molecule has 1 amide bonds. The van der Waals surface area contributed by atoms with E-state index in [1.807, 2.05) is 30.5 Å². The maximum absolute atomic E-state index is 12.9. The Balaban J connectivity index is 1.24. The minimum atomic E-state index is -0.293. The number of aromatic nitrogens is 3. The molecule has 0 aliphatic rings. The van der Waals surface area contributed by atoms with E-state index in [2.05, 4.69) is 50.6 Å². The Bertz CT molecular complexity index is 1560. The molecule has 7 nitrogen and oxygen atoms in total. The number of para-hydroxylation sites is 1. The first kappa shape index (κ1) is 26.3. The number of rotatable bonds is 12. The molecule has 1 atom stereocenters. The van der Waals surface area contributed by atoms with Crippen LogP contribution in [-0.2, 0) is 0 Å². The van der Waals surface area contributed by atoms with Crippen molar-refractivity contribution in [3.05, 3.63) is 101 Å². The second-order valence-corrected chi connectivity index (χ2v) is 10.2. The Labute approximate surface area is 231 Å². The molecular weight excluding hydrogens is 508 g/mol.